The maximum absolute atomic E-state index is 11.7. The Bertz CT molecular complexity index is 891. The summed E-state index contributed by atoms with van der Waals surface area (Å²) < 4.78 is 28.6. The Morgan fingerprint density at radius 2 is 1.74 bits per heavy atom. The normalized spacial score (nSPS) is 11.9. The van der Waals surface area contributed by atoms with Gasteiger partial charge >= 0.3 is 0 Å². The molecule has 0 spiro atoms. The molecule has 0 aliphatic carbocycles. The number of ether oxygens (including phenoxy) is 1. The molecule has 0 fully saturated rings. The molecule has 27 heavy (non-hydrogen) atoms. The van der Waals surface area contributed by atoms with Crippen molar-refractivity contribution >= 4 is 15.8 Å². The van der Waals surface area contributed by atoms with Crippen molar-refractivity contribution in [2.24, 2.45) is 4.99 Å². The molecule has 2 rings (SSSR count). The van der Waals surface area contributed by atoms with Crippen molar-refractivity contribution in [3.05, 3.63) is 59.2 Å². The lowest BCUT2D eigenvalue weighted by Gasteiger charge is -2.13. The first-order valence-corrected chi connectivity index (χ1v) is 10.6. The van der Waals surface area contributed by atoms with E-state index >= 15 is 0 Å². The third kappa shape index (κ3) is 6.29. The van der Waals surface area contributed by atoms with Gasteiger partial charge < -0.3 is 15.4 Å². The highest BCUT2D eigenvalue weighted by Gasteiger charge is 2.10. The maximum Gasteiger partial charge on any atom is 0.191 e. The van der Waals surface area contributed by atoms with E-state index in [1.807, 2.05) is 43.3 Å². The lowest BCUT2D eigenvalue weighted by molar-refractivity contribution is 0.414. The number of nitrogens with one attached hydrogen (secondary N) is 2. The molecule has 0 aliphatic rings. The van der Waals surface area contributed by atoms with Gasteiger partial charge in [-0.2, -0.15) is 0 Å². The van der Waals surface area contributed by atoms with Crippen LogP contribution in [0.5, 0.6) is 5.75 Å². The molecule has 0 saturated heterocycles. The maximum atomic E-state index is 11.7. The SMILES string of the molecule is CN=C(NCCc1ccc(OC)cc1)NCc1ccc(S(C)(=O)=O)c(C)c1. The van der Waals surface area contributed by atoms with E-state index in [1.165, 1.54) is 11.8 Å². The Morgan fingerprint density at radius 3 is 2.30 bits per heavy atom. The molecule has 0 atom stereocenters. The fourth-order valence-corrected chi connectivity index (χ4v) is 3.72. The molecule has 0 amide bonds. The van der Waals surface area contributed by atoms with Gasteiger partial charge in [0.1, 0.15) is 5.75 Å². The molecule has 0 aliphatic heterocycles. The number of aryl methyl sites for hydroxylation is 1. The van der Waals surface area contributed by atoms with Crippen molar-refractivity contribution in [1.82, 2.24) is 10.6 Å². The Hall–Kier alpha value is -2.54. The molecular weight excluding hydrogens is 362 g/mol. The zero-order valence-corrected chi connectivity index (χ0v) is 17.1. The first kappa shape index (κ1) is 20.8. The summed E-state index contributed by atoms with van der Waals surface area (Å²) in [5.41, 5.74) is 2.96. The number of nitrogens with zero attached hydrogens (tertiary/aromatic N) is 1. The number of methoxy groups -OCH3 is 1. The number of sulfone groups is 1. The standard InChI is InChI=1S/C20H27N3O3S/c1-15-13-17(7-10-19(15)27(4,24)25)14-23-20(21-2)22-12-11-16-5-8-18(26-3)9-6-16/h5-10,13H,11-12,14H2,1-4H3,(H2,21,22,23). The van der Waals surface area contributed by atoms with Crippen LogP contribution in [0.4, 0.5) is 0 Å². The van der Waals surface area contributed by atoms with E-state index in [4.69, 9.17) is 4.74 Å². The Kier molecular flexibility index (Phi) is 7.24. The Balaban J connectivity index is 1.85. The lowest BCUT2D eigenvalue weighted by Crippen LogP contribution is -2.37. The van der Waals surface area contributed by atoms with Gasteiger partial charge in [0.25, 0.3) is 0 Å². The summed E-state index contributed by atoms with van der Waals surface area (Å²) in [5.74, 6) is 1.55. The summed E-state index contributed by atoms with van der Waals surface area (Å²) in [6.45, 7) is 3.12. The van der Waals surface area contributed by atoms with Crippen LogP contribution in [0.2, 0.25) is 0 Å². The summed E-state index contributed by atoms with van der Waals surface area (Å²) >= 11 is 0. The van der Waals surface area contributed by atoms with Crippen molar-refractivity contribution < 1.29 is 13.2 Å². The first-order valence-electron chi connectivity index (χ1n) is 8.70. The van der Waals surface area contributed by atoms with E-state index in [-0.39, 0.29) is 0 Å². The molecule has 2 aromatic rings. The Morgan fingerprint density at radius 1 is 1.07 bits per heavy atom. The molecule has 7 heteroatoms. The van der Waals surface area contributed by atoms with Crippen molar-refractivity contribution in [2.75, 3.05) is 27.0 Å². The number of guanidine groups is 1. The minimum absolute atomic E-state index is 0.369. The second-order valence-corrected chi connectivity index (χ2v) is 8.31. The van der Waals surface area contributed by atoms with E-state index in [0.29, 0.717) is 17.4 Å². The van der Waals surface area contributed by atoms with Gasteiger partial charge in [0.15, 0.2) is 15.8 Å². The summed E-state index contributed by atoms with van der Waals surface area (Å²) in [6, 6.07) is 13.3. The van der Waals surface area contributed by atoms with Crippen molar-refractivity contribution in [3.63, 3.8) is 0 Å². The van der Waals surface area contributed by atoms with E-state index in [0.717, 1.165) is 29.8 Å². The quantitative estimate of drug-likeness (QED) is 0.561. The van der Waals surface area contributed by atoms with Crippen LogP contribution in [0.3, 0.4) is 0 Å². The van der Waals surface area contributed by atoms with Gasteiger partial charge in [-0.15, -0.1) is 0 Å². The van der Waals surface area contributed by atoms with Crippen LogP contribution < -0.4 is 15.4 Å². The fourth-order valence-electron chi connectivity index (χ4n) is 2.76. The molecule has 0 radical (unpaired) electrons. The van der Waals surface area contributed by atoms with Crippen LogP contribution in [0.1, 0.15) is 16.7 Å². The molecule has 146 valence electrons. The van der Waals surface area contributed by atoms with Gasteiger partial charge in [-0.1, -0.05) is 24.3 Å². The number of hydrogen-bond donors (Lipinski definition) is 2. The molecule has 2 N–H and O–H groups in total. The largest absolute Gasteiger partial charge is 0.497 e. The molecular formula is C20H27N3O3S. The van der Waals surface area contributed by atoms with Crippen LogP contribution in [-0.4, -0.2) is 41.3 Å². The number of aliphatic imine (C=N–C) groups is 1. The van der Waals surface area contributed by atoms with Crippen LogP contribution in [0.15, 0.2) is 52.4 Å². The highest BCUT2D eigenvalue weighted by atomic mass is 32.2. The average molecular weight is 390 g/mol. The highest BCUT2D eigenvalue weighted by Crippen LogP contribution is 2.16. The summed E-state index contributed by atoms with van der Waals surface area (Å²) in [5, 5.41) is 6.52. The van der Waals surface area contributed by atoms with Crippen molar-refractivity contribution in [2.45, 2.75) is 24.8 Å². The van der Waals surface area contributed by atoms with E-state index in [9.17, 15) is 8.42 Å². The smallest absolute Gasteiger partial charge is 0.191 e. The second kappa shape index (κ2) is 9.41. The van der Waals surface area contributed by atoms with Gasteiger partial charge in [-0.3, -0.25) is 4.99 Å². The predicted octanol–water partition coefficient (Wildman–Crippen LogP) is 2.31. The molecule has 0 unspecified atom stereocenters. The number of benzene rings is 2. The third-order valence-corrected chi connectivity index (χ3v) is 5.44. The zero-order valence-electron chi connectivity index (χ0n) is 16.2. The fraction of sp³-hybridized carbons (Fsp3) is 0.350. The van der Waals surface area contributed by atoms with E-state index in [2.05, 4.69) is 15.6 Å². The van der Waals surface area contributed by atoms with Gasteiger partial charge in [0.2, 0.25) is 0 Å². The highest BCUT2D eigenvalue weighted by molar-refractivity contribution is 7.90. The number of hydrogen-bond acceptors (Lipinski definition) is 4. The molecule has 0 aromatic heterocycles. The first-order chi connectivity index (χ1) is 12.8. The van der Waals surface area contributed by atoms with Crippen LogP contribution in [0, 0.1) is 6.92 Å². The zero-order chi connectivity index (χ0) is 19.9. The van der Waals surface area contributed by atoms with Crippen molar-refractivity contribution in [1.29, 1.82) is 0 Å². The van der Waals surface area contributed by atoms with Crippen LogP contribution in [-0.2, 0) is 22.8 Å². The lowest BCUT2D eigenvalue weighted by atomic mass is 10.1. The molecule has 2 aromatic carbocycles. The van der Waals surface area contributed by atoms with Gasteiger partial charge in [0.05, 0.1) is 12.0 Å². The van der Waals surface area contributed by atoms with Crippen LogP contribution in [0.25, 0.3) is 0 Å². The monoisotopic (exact) mass is 389 g/mol. The topological polar surface area (TPSA) is 79.8 Å². The van der Waals surface area contributed by atoms with Crippen LogP contribution >= 0.6 is 0 Å². The summed E-state index contributed by atoms with van der Waals surface area (Å²) in [7, 11) is 0.185. The van der Waals surface area contributed by atoms with Gasteiger partial charge in [0, 0.05) is 26.4 Å². The van der Waals surface area contributed by atoms with Gasteiger partial charge in [-0.25, -0.2) is 8.42 Å². The summed E-state index contributed by atoms with van der Waals surface area (Å²) in [6.07, 6.45) is 2.09. The number of rotatable bonds is 7. The molecule has 6 nitrogen and oxygen atoms in total. The molecule has 0 saturated carbocycles. The minimum atomic E-state index is -3.19. The van der Waals surface area contributed by atoms with Gasteiger partial charge in [-0.05, 0) is 48.2 Å². The predicted molar refractivity (Wildman–Crippen MR) is 109 cm³/mol. The average Bonchev–Trinajstić information content (AvgIpc) is 2.64. The third-order valence-electron chi connectivity index (χ3n) is 4.19. The van der Waals surface area contributed by atoms with E-state index in [1.54, 1.807) is 20.2 Å². The molecule has 0 bridgehead atoms. The minimum Gasteiger partial charge on any atom is -0.497 e. The molecule has 0 heterocycles. The summed E-state index contributed by atoms with van der Waals surface area (Å²) in [4.78, 5) is 4.59. The Labute approximate surface area is 161 Å². The van der Waals surface area contributed by atoms with E-state index < -0.39 is 9.84 Å². The van der Waals surface area contributed by atoms with Crippen molar-refractivity contribution in [3.8, 4) is 5.75 Å². The second-order valence-electron chi connectivity index (χ2n) is 6.32.